The Morgan fingerprint density at radius 1 is 0.950 bits per heavy atom. The highest BCUT2D eigenvalue weighted by molar-refractivity contribution is 5.33. The lowest BCUT2D eigenvalue weighted by Crippen LogP contribution is -2.08. The number of aliphatic hydroxyl groups excluding tert-OH is 1. The second-order valence-corrected chi connectivity index (χ2v) is 5.25. The van der Waals surface area contributed by atoms with Crippen molar-refractivity contribution < 1.29 is 13.9 Å². The van der Waals surface area contributed by atoms with Gasteiger partial charge in [-0.2, -0.15) is 0 Å². The third kappa shape index (κ3) is 2.88. The van der Waals surface area contributed by atoms with Crippen LogP contribution in [0.5, 0.6) is 0 Å². The molecule has 106 valence electrons. The summed E-state index contributed by atoms with van der Waals surface area (Å²) >= 11 is 0. The summed E-state index contributed by atoms with van der Waals surface area (Å²) in [5.74, 6) is -1.84. The minimum absolute atomic E-state index is 0.00834. The second-order valence-electron chi connectivity index (χ2n) is 5.25. The second kappa shape index (κ2) is 5.71. The van der Waals surface area contributed by atoms with E-state index in [4.69, 9.17) is 0 Å². The van der Waals surface area contributed by atoms with Crippen molar-refractivity contribution >= 4 is 0 Å². The first-order valence-electron chi connectivity index (χ1n) is 6.59. The molecule has 0 saturated carbocycles. The van der Waals surface area contributed by atoms with Gasteiger partial charge in [0.05, 0.1) is 6.10 Å². The quantitative estimate of drug-likeness (QED) is 0.892. The van der Waals surface area contributed by atoms with Crippen molar-refractivity contribution in [2.24, 2.45) is 0 Å². The number of benzene rings is 2. The maximum atomic E-state index is 13.9. The molecule has 0 spiro atoms. The van der Waals surface area contributed by atoms with Gasteiger partial charge in [-0.15, -0.1) is 0 Å². The van der Waals surface area contributed by atoms with E-state index >= 15 is 0 Å². The maximum Gasteiger partial charge on any atom is 0.164 e. The fourth-order valence-corrected chi connectivity index (χ4v) is 2.26. The molecule has 3 heteroatoms. The van der Waals surface area contributed by atoms with Crippen LogP contribution in [0.4, 0.5) is 8.78 Å². The SMILES string of the molecule is Cc1ccc(C)c(CC(O)c2ccc(C)c(F)c2F)c1. The van der Waals surface area contributed by atoms with E-state index in [0.717, 1.165) is 16.7 Å². The Bertz CT molecular complexity index is 635. The van der Waals surface area contributed by atoms with Crippen molar-refractivity contribution in [2.45, 2.75) is 33.3 Å². The monoisotopic (exact) mass is 276 g/mol. The zero-order valence-corrected chi connectivity index (χ0v) is 11.9. The lowest BCUT2D eigenvalue weighted by Gasteiger charge is -2.15. The van der Waals surface area contributed by atoms with Crippen LogP contribution in [0.2, 0.25) is 0 Å². The van der Waals surface area contributed by atoms with E-state index in [-0.39, 0.29) is 17.5 Å². The average Bonchev–Trinajstić information content (AvgIpc) is 2.40. The molecular formula is C17H18F2O. The number of aliphatic hydroxyl groups is 1. The van der Waals surface area contributed by atoms with Gasteiger partial charge in [0.1, 0.15) is 0 Å². The standard InChI is InChI=1S/C17H18F2O/c1-10-4-5-11(2)13(8-10)9-15(20)14-7-6-12(3)16(18)17(14)19/h4-8,15,20H,9H2,1-3H3. The Morgan fingerprint density at radius 2 is 1.60 bits per heavy atom. The minimum atomic E-state index is -1.05. The molecule has 1 N–H and O–H groups in total. The van der Waals surface area contributed by atoms with Gasteiger partial charge >= 0.3 is 0 Å². The van der Waals surface area contributed by atoms with Gasteiger partial charge < -0.3 is 5.11 Å². The molecule has 1 nitrogen and oxygen atoms in total. The van der Waals surface area contributed by atoms with Crippen molar-refractivity contribution in [3.05, 3.63) is 69.8 Å². The van der Waals surface area contributed by atoms with Crippen LogP contribution in [0.1, 0.15) is 33.9 Å². The van der Waals surface area contributed by atoms with Crippen LogP contribution in [0.15, 0.2) is 30.3 Å². The number of aryl methyl sites for hydroxylation is 3. The van der Waals surface area contributed by atoms with Gasteiger partial charge in [0.15, 0.2) is 11.6 Å². The molecule has 1 unspecified atom stereocenters. The fourth-order valence-electron chi connectivity index (χ4n) is 2.26. The van der Waals surface area contributed by atoms with Crippen molar-refractivity contribution in [3.63, 3.8) is 0 Å². The van der Waals surface area contributed by atoms with Crippen molar-refractivity contribution in [2.75, 3.05) is 0 Å². The zero-order valence-electron chi connectivity index (χ0n) is 11.9. The minimum Gasteiger partial charge on any atom is -0.388 e. The molecule has 2 rings (SSSR count). The molecule has 1 atom stereocenters. The summed E-state index contributed by atoms with van der Waals surface area (Å²) in [5.41, 5.74) is 3.30. The number of rotatable bonds is 3. The Hall–Kier alpha value is -1.74. The maximum absolute atomic E-state index is 13.9. The number of halogens is 2. The molecule has 0 fully saturated rings. The molecule has 0 amide bonds. The van der Waals surface area contributed by atoms with E-state index in [1.807, 2.05) is 32.0 Å². The van der Waals surface area contributed by atoms with Crippen molar-refractivity contribution in [1.29, 1.82) is 0 Å². The summed E-state index contributed by atoms with van der Waals surface area (Å²) in [6, 6.07) is 8.84. The van der Waals surface area contributed by atoms with Crippen molar-refractivity contribution in [1.82, 2.24) is 0 Å². The molecule has 0 aliphatic heterocycles. The lowest BCUT2D eigenvalue weighted by molar-refractivity contribution is 0.172. The molecule has 0 saturated heterocycles. The van der Waals surface area contributed by atoms with Crippen molar-refractivity contribution in [3.8, 4) is 0 Å². The van der Waals surface area contributed by atoms with Gasteiger partial charge in [-0.1, -0.05) is 35.9 Å². The summed E-state index contributed by atoms with van der Waals surface area (Å²) in [4.78, 5) is 0. The first kappa shape index (κ1) is 14.7. The normalized spacial score (nSPS) is 12.5. The molecule has 2 aromatic rings. The van der Waals surface area contributed by atoms with E-state index in [9.17, 15) is 13.9 Å². The summed E-state index contributed by atoms with van der Waals surface area (Å²) in [6.07, 6.45) is -0.780. The Kier molecular flexibility index (Phi) is 4.19. The van der Waals surface area contributed by atoms with Crippen LogP contribution >= 0.6 is 0 Å². The summed E-state index contributed by atoms with van der Waals surface area (Å²) < 4.78 is 27.4. The third-order valence-electron chi connectivity index (χ3n) is 3.58. The van der Waals surface area contributed by atoms with Gasteiger partial charge in [-0.3, -0.25) is 0 Å². The van der Waals surface area contributed by atoms with E-state index in [2.05, 4.69) is 0 Å². The fraction of sp³-hybridized carbons (Fsp3) is 0.294. The van der Waals surface area contributed by atoms with E-state index < -0.39 is 17.7 Å². The predicted octanol–water partition coefficient (Wildman–Crippen LogP) is 4.17. The van der Waals surface area contributed by atoms with E-state index in [1.54, 1.807) is 0 Å². The third-order valence-corrected chi connectivity index (χ3v) is 3.58. The molecule has 0 heterocycles. The van der Waals surface area contributed by atoms with Crippen LogP contribution in [0.25, 0.3) is 0 Å². The number of hydrogen-bond acceptors (Lipinski definition) is 1. The summed E-state index contributed by atoms with van der Waals surface area (Å²) in [6.45, 7) is 5.40. The molecular weight excluding hydrogens is 258 g/mol. The zero-order chi connectivity index (χ0) is 14.9. The largest absolute Gasteiger partial charge is 0.388 e. The first-order valence-corrected chi connectivity index (χ1v) is 6.59. The van der Waals surface area contributed by atoms with Crippen LogP contribution < -0.4 is 0 Å². The van der Waals surface area contributed by atoms with Gasteiger partial charge in [0.2, 0.25) is 0 Å². The smallest absolute Gasteiger partial charge is 0.164 e. The van der Waals surface area contributed by atoms with Gasteiger partial charge in [0, 0.05) is 12.0 Å². The average molecular weight is 276 g/mol. The Labute approximate surface area is 117 Å². The summed E-state index contributed by atoms with van der Waals surface area (Å²) in [5, 5.41) is 10.2. The van der Waals surface area contributed by atoms with Gasteiger partial charge in [-0.05, 0) is 37.5 Å². The highest BCUT2D eigenvalue weighted by Gasteiger charge is 2.18. The molecule has 0 radical (unpaired) electrons. The molecule has 0 aromatic heterocycles. The van der Waals surface area contributed by atoms with Gasteiger partial charge in [-0.25, -0.2) is 8.78 Å². The van der Waals surface area contributed by atoms with Crippen LogP contribution in [-0.4, -0.2) is 5.11 Å². The predicted molar refractivity (Wildman–Crippen MR) is 75.7 cm³/mol. The van der Waals surface area contributed by atoms with Crippen LogP contribution in [0, 0.1) is 32.4 Å². The molecule has 0 bridgehead atoms. The Morgan fingerprint density at radius 3 is 2.30 bits per heavy atom. The highest BCUT2D eigenvalue weighted by atomic mass is 19.2. The van der Waals surface area contributed by atoms with Crippen LogP contribution in [0.3, 0.4) is 0 Å². The molecule has 0 aliphatic rings. The topological polar surface area (TPSA) is 20.2 Å². The summed E-state index contributed by atoms with van der Waals surface area (Å²) in [7, 11) is 0. The molecule has 0 aliphatic carbocycles. The van der Waals surface area contributed by atoms with Gasteiger partial charge in [0.25, 0.3) is 0 Å². The molecule has 2 aromatic carbocycles. The lowest BCUT2D eigenvalue weighted by atomic mass is 9.96. The van der Waals surface area contributed by atoms with E-state index in [0.29, 0.717) is 0 Å². The first-order chi connectivity index (χ1) is 9.40. The van der Waals surface area contributed by atoms with Crippen LogP contribution in [-0.2, 0) is 6.42 Å². The van der Waals surface area contributed by atoms with E-state index in [1.165, 1.54) is 19.1 Å². The Balaban J connectivity index is 2.31. The molecule has 20 heavy (non-hydrogen) atoms. The highest BCUT2D eigenvalue weighted by Crippen LogP contribution is 2.25. The number of hydrogen-bond donors (Lipinski definition) is 1.